The summed E-state index contributed by atoms with van der Waals surface area (Å²) < 4.78 is 1.95. The summed E-state index contributed by atoms with van der Waals surface area (Å²) in [7, 11) is 0. The molecule has 0 aromatic carbocycles. The van der Waals surface area contributed by atoms with Crippen LogP contribution in [0.25, 0.3) is 0 Å². The number of aromatic nitrogens is 2. The first-order valence-corrected chi connectivity index (χ1v) is 7.86. The predicted octanol–water partition coefficient (Wildman–Crippen LogP) is 1.34. The summed E-state index contributed by atoms with van der Waals surface area (Å²) in [6, 6.07) is -0.529. The zero-order valence-corrected chi connectivity index (χ0v) is 14.5. The van der Waals surface area contributed by atoms with Gasteiger partial charge in [-0.15, -0.1) is 0 Å². The van der Waals surface area contributed by atoms with E-state index in [0.717, 1.165) is 23.5 Å². The molecule has 0 saturated carbocycles. The van der Waals surface area contributed by atoms with Crippen molar-refractivity contribution < 1.29 is 9.59 Å². The Morgan fingerprint density at radius 1 is 1.23 bits per heavy atom. The van der Waals surface area contributed by atoms with Crippen molar-refractivity contribution in [2.45, 2.75) is 60.5 Å². The highest BCUT2D eigenvalue weighted by atomic mass is 16.2. The number of aryl methyl sites for hydroxylation is 1. The Labute approximate surface area is 132 Å². The van der Waals surface area contributed by atoms with Gasteiger partial charge in [-0.2, -0.15) is 5.10 Å². The largest absolute Gasteiger partial charge is 0.355 e. The maximum absolute atomic E-state index is 12.1. The van der Waals surface area contributed by atoms with Crippen LogP contribution in [0.1, 0.15) is 44.6 Å². The fraction of sp³-hybridized carbons (Fsp3) is 0.688. The average molecular weight is 308 g/mol. The third-order valence-corrected chi connectivity index (χ3v) is 3.53. The molecule has 0 fully saturated rings. The van der Waals surface area contributed by atoms with E-state index in [1.807, 2.05) is 25.5 Å². The number of amides is 2. The standard InChI is InChI=1S/C16H28N4O2/c1-7-17-16(22)12(5)18-15(21)8-14-11(4)19-20(13(14)6)9-10(2)3/h10,12H,7-9H2,1-6H3,(H,17,22)(H,18,21)/t12-/m1/s1. The summed E-state index contributed by atoms with van der Waals surface area (Å²) in [6.07, 6.45) is 0.250. The van der Waals surface area contributed by atoms with E-state index in [-0.39, 0.29) is 18.2 Å². The van der Waals surface area contributed by atoms with Crippen LogP contribution in [-0.4, -0.2) is 34.2 Å². The summed E-state index contributed by atoms with van der Waals surface area (Å²) >= 11 is 0. The number of hydrogen-bond donors (Lipinski definition) is 2. The minimum atomic E-state index is -0.529. The second kappa shape index (κ2) is 7.96. The molecule has 22 heavy (non-hydrogen) atoms. The Balaban J connectivity index is 2.72. The second-order valence-electron chi connectivity index (χ2n) is 6.09. The highest BCUT2D eigenvalue weighted by Gasteiger charge is 2.19. The summed E-state index contributed by atoms with van der Waals surface area (Å²) in [5.41, 5.74) is 2.84. The molecular weight excluding hydrogens is 280 g/mol. The van der Waals surface area contributed by atoms with E-state index in [1.165, 1.54) is 0 Å². The van der Waals surface area contributed by atoms with Crippen molar-refractivity contribution in [2.75, 3.05) is 6.54 Å². The van der Waals surface area contributed by atoms with E-state index in [0.29, 0.717) is 12.5 Å². The van der Waals surface area contributed by atoms with E-state index in [2.05, 4.69) is 29.6 Å². The van der Waals surface area contributed by atoms with Gasteiger partial charge in [-0.05, 0) is 33.6 Å². The van der Waals surface area contributed by atoms with Gasteiger partial charge >= 0.3 is 0 Å². The molecule has 0 bridgehead atoms. The Hall–Kier alpha value is -1.85. The van der Waals surface area contributed by atoms with Crippen molar-refractivity contribution in [2.24, 2.45) is 5.92 Å². The van der Waals surface area contributed by atoms with Crippen LogP contribution in [-0.2, 0) is 22.6 Å². The average Bonchev–Trinajstić information content (AvgIpc) is 2.66. The number of hydrogen-bond acceptors (Lipinski definition) is 3. The highest BCUT2D eigenvalue weighted by molar-refractivity contribution is 5.88. The summed E-state index contributed by atoms with van der Waals surface area (Å²) in [4.78, 5) is 23.8. The molecule has 0 saturated heterocycles. The first-order chi connectivity index (χ1) is 10.3. The predicted molar refractivity (Wildman–Crippen MR) is 86.5 cm³/mol. The van der Waals surface area contributed by atoms with E-state index >= 15 is 0 Å². The molecule has 6 heteroatoms. The van der Waals surface area contributed by atoms with Crippen molar-refractivity contribution in [3.05, 3.63) is 17.0 Å². The van der Waals surface area contributed by atoms with Crippen LogP contribution in [0, 0.1) is 19.8 Å². The lowest BCUT2D eigenvalue weighted by molar-refractivity contribution is -0.128. The fourth-order valence-corrected chi connectivity index (χ4v) is 2.36. The molecule has 1 aromatic heterocycles. The molecule has 0 unspecified atom stereocenters. The van der Waals surface area contributed by atoms with E-state index in [4.69, 9.17) is 0 Å². The molecule has 1 rings (SSSR count). The molecule has 1 heterocycles. The normalized spacial score (nSPS) is 12.3. The molecular formula is C16H28N4O2. The second-order valence-corrected chi connectivity index (χ2v) is 6.09. The van der Waals surface area contributed by atoms with Crippen molar-refractivity contribution in [1.29, 1.82) is 0 Å². The Bertz CT molecular complexity index is 534. The van der Waals surface area contributed by atoms with Crippen LogP contribution in [0.4, 0.5) is 0 Å². The Kier molecular flexibility index (Phi) is 6.59. The summed E-state index contributed by atoms with van der Waals surface area (Å²) in [5.74, 6) is 0.172. The molecule has 6 nitrogen and oxygen atoms in total. The van der Waals surface area contributed by atoms with Gasteiger partial charge in [0, 0.05) is 24.3 Å². The first-order valence-electron chi connectivity index (χ1n) is 7.86. The van der Waals surface area contributed by atoms with Gasteiger partial charge in [-0.1, -0.05) is 13.8 Å². The van der Waals surface area contributed by atoms with E-state index in [1.54, 1.807) is 6.92 Å². The Morgan fingerprint density at radius 3 is 2.41 bits per heavy atom. The van der Waals surface area contributed by atoms with Crippen molar-refractivity contribution in [3.63, 3.8) is 0 Å². The van der Waals surface area contributed by atoms with E-state index in [9.17, 15) is 9.59 Å². The molecule has 1 aromatic rings. The fourth-order valence-electron chi connectivity index (χ4n) is 2.36. The van der Waals surface area contributed by atoms with Crippen LogP contribution in [0.15, 0.2) is 0 Å². The quantitative estimate of drug-likeness (QED) is 0.798. The van der Waals surface area contributed by atoms with Gasteiger partial charge in [0.05, 0.1) is 12.1 Å². The van der Waals surface area contributed by atoms with Gasteiger partial charge in [-0.25, -0.2) is 0 Å². The minimum absolute atomic E-state index is 0.158. The molecule has 2 N–H and O–H groups in total. The van der Waals surface area contributed by atoms with Gasteiger partial charge in [0.15, 0.2) is 0 Å². The number of nitrogens with zero attached hydrogens (tertiary/aromatic N) is 2. The molecule has 2 amide bonds. The topological polar surface area (TPSA) is 76.0 Å². The molecule has 0 radical (unpaired) electrons. The number of carbonyl (C=O) groups excluding carboxylic acids is 2. The first kappa shape index (κ1) is 18.2. The van der Waals surface area contributed by atoms with Crippen LogP contribution >= 0.6 is 0 Å². The molecule has 0 aliphatic carbocycles. The lowest BCUT2D eigenvalue weighted by Gasteiger charge is -2.13. The highest BCUT2D eigenvalue weighted by Crippen LogP contribution is 2.15. The molecule has 124 valence electrons. The minimum Gasteiger partial charge on any atom is -0.355 e. The smallest absolute Gasteiger partial charge is 0.242 e. The van der Waals surface area contributed by atoms with Gasteiger partial charge in [-0.3, -0.25) is 14.3 Å². The lowest BCUT2D eigenvalue weighted by Crippen LogP contribution is -2.45. The molecule has 0 aliphatic rings. The van der Waals surface area contributed by atoms with Gasteiger partial charge in [0.25, 0.3) is 0 Å². The number of rotatable bonds is 7. The van der Waals surface area contributed by atoms with Gasteiger partial charge < -0.3 is 10.6 Å². The SMILES string of the molecule is CCNC(=O)[C@@H](C)NC(=O)Cc1c(C)nn(CC(C)C)c1C. The molecule has 1 atom stereocenters. The van der Waals surface area contributed by atoms with Crippen molar-refractivity contribution >= 4 is 11.8 Å². The third-order valence-electron chi connectivity index (χ3n) is 3.53. The van der Waals surface area contributed by atoms with Crippen LogP contribution in [0.5, 0.6) is 0 Å². The lowest BCUT2D eigenvalue weighted by atomic mass is 10.1. The summed E-state index contributed by atoms with van der Waals surface area (Å²) in [6.45, 7) is 13.1. The number of nitrogens with one attached hydrogen (secondary N) is 2. The van der Waals surface area contributed by atoms with Crippen LogP contribution < -0.4 is 10.6 Å². The number of likely N-dealkylation sites (N-methyl/N-ethyl adjacent to an activating group) is 1. The Morgan fingerprint density at radius 2 is 1.86 bits per heavy atom. The molecule has 0 aliphatic heterocycles. The zero-order chi connectivity index (χ0) is 16.9. The van der Waals surface area contributed by atoms with Gasteiger partial charge in [0.2, 0.25) is 11.8 Å². The van der Waals surface area contributed by atoms with Crippen molar-refractivity contribution in [1.82, 2.24) is 20.4 Å². The maximum atomic E-state index is 12.1. The van der Waals surface area contributed by atoms with Crippen LogP contribution in [0.2, 0.25) is 0 Å². The maximum Gasteiger partial charge on any atom is 0.242 e. The monoisotopic (exact) mass is 308 g/mol. The molecule has 0 spiro atoms. The van der Waals surface area contributed by atoms with Crippen LogP contribution in [0.3, 0.4) is 0 Å². The van der Waals surface area contributed by atoms with Crippen molar-refractivity contribution in [3.8, 4) is 0 Å². The zero-order valence-electron chi connectivity index (χ0n) is 14.5. The number of carbonyl (C=O) groups is 2. The summed E-state index contributed by atoms with van der Waals surface area (Å²) in [5, 5.41) is 9.93. The third kappa shape index (κ3) is 4.86. The van der Waals surface area contributed by atoms with Gasteiger partial charge in [0.1, 0.15) is 6.04 Å². The van der Waals surface area contributed by atoms with E-state index < -0.39 is 6.04 Å².